The molecule has 1 saturated heterocycles. The van der Waals surface area contributed by atoms with Crippen LogP contribution in [0.25, 0.3) is 0 Å². The van der Waals surface area contributed by atoms with Gasteiger partial charge >= 0.3 is 0 Å². The molecule has 1 aliphatic heterocycles. The molecule has 1 aromatic rings. The fourth-order valence-electron chi connectivity index (χ4n) is 2.71. The van der Waals surface area contributed by atoms with Crippen LogP contribution < -0.4 is 10.6 Å². The van der Waals surface area contributed by atoms with E-state index in [1.54, 1.807) is 0 Å². The monoisotopic (exact) mass is 333 g/mol. The summed E-state index contributed by atoms with van der Waals surface area (Å²) in [6.07, 6.45) is 1.95. The predicted octanol–water partition coefficient (Wildman–Crippen LogP) is 2.55. The molecule has 0 spiro atoms. The van der Waals surface area contributed by atoms with Crippen LogP contribution in [0.1, 0.15) is 32.3 Å². The van der Waals surface area contributed by atoms with Gasteiger partial charge < -0.3 is 15.5 Å². The van der Waals surface area contributed by atoms with E-state index in [1.165, 1.54) is 5.56 Å². The zero-order valence-electron chi connectivity index (χ0n) is 14.0. The summed E-state index contributed by atoms with van der Waals surface area (Å²) in [4.78, 5) is 14.4. The lowest BCUT2D eigenvalue weighted by atomic mass is 9.97. The number of benzene rings is 1. The molecule has 1 aromatic carbocycles. The van der Waals surface area contributed by atoms with Crippen molar-refractivity contribution in [3.63, 3.8) is 0 Å². The van der Waals surface area contributed by atoms with Crippen molar-refractivity contribution in [3.8, 4) is 0 Å². The number of hydrogen-bond donors (Lipinski definition) is 2. The summed E-state index contributed by atoms with van der Waals surface area (Å²) in [6, 6.07) is 10.2. The molecule has 0 aromatic heterocycles. The highest BCUT2D eigenvalue weighted by Gasteiger charge is 2.26. The van der Waals surface area contributed by atoms with E-state index in [2.05, 4.69) is 41.5 Å². The van der Waals surface area contributed by atoms with Crippen molar-refractivity contribution in [1.82, 2.24) is 15.5 Å². The molecule has 1 aliphatic rings. The van der Waals surface area contributed by atoms with Gasteiger partial charge in [-0.25, -0.2) is 0 Å². The first kappa shape index (κ1) is 17.7. The average molecular weight is 334 g/mol. The minimum absolute atomic E-state index is 0.0407. The van der Waals surface area contributed by atoms with E-state index >= 15 is 0 Å². The summed E-state index contributed by atoms with van der Waals surface area (Å²) < 4.78 is 0. The number of nitrogens with one attached hydrogen (secondary N) is 2. The van der Waals surface area contributed by atoms with Gasteiger partial charge in [-0.2, -0.15) is 0 Å². The van der Waals surface area contributed by atoms with Gasteiger partial charge in [-0.3, -0.25) is 4.79 Å². The van der Waals surface area contributed by atoms with Crippen molar-refractivity contribution in [2.45, 2.75) is 33.2 Å². The molecule has 5 heteroatoms. The van der Waals surface area contributed by atoms with Crippen LogP contribution in [0.3, 0.4) is 0 Å². The number of carbonyl (C=O) groups is 1. The van der Waals surface area contributed by atoms with E-state index < -0.39 is 0 Å². The number of thiocarbonyl (C=S) groups is 1. The third-order valence-corrected chi connectivity index (χ3v) is 4.45. The first-order valence-electron chi connectivity index (χ1n) is 8.40. The molecule has 0 saturated carbocycles. The smallest absolute Gasteiger partial charge is 0.224 e. The summed E-state index contributed by atoms with van der Waals surface area (Å²) in [5.74, 6) is 0.681. The highest BCUT2D eigenvalue weighted by molar-refractivity contribution is 7.80. The van der Waals surface area contributed by atoms with E-state index in [4.69, 9.17) is 12.2 Å². The van der Waals surface area contributed by atoms with E-state index in [9.17, 15) is 4.79 Å². The van der Waals surface area contributed by atoms with Crippen molar-refractivity contribution in [2.75, 3.05) is 19.6 Å². The summed E-state index contributed by atoms with van der Waals surface area (Å²) in [6.45, 7) is 7.32. The Bertz CT molecular complexity index is 518. The van der Waals surface area contributed by atoms with Gasteiger partial charge in [0.15, 0.2) is 5.11 Å². The molecular formula is C18H27N3OS. The number of carbonyl (C=O) groups excluding carboxylic acids is 1. The van der Waals surface area contributed by atoms with Gasteiger partial charge in [-0.05, 0) is 36.5 Å². The summed E-state index contributed by atoms with van der Waals surface area (Å²) in [5.41, 5.74) is 1.21. The van der Waals surface area contributed by atoms with Crippen molar-refractivity contribution in [3.05, 3.63) is 35.9 Å². The van der Waals surface area contributed by atoms with Gasteiger partial charge in [0.25, 0.3) is 0 Å². The maximum absolute atomic E-state index is 12.2. The normalized spacial score (nSPS) is 17.9. The Morgan fingerprint density at radius 1 is 1.30 bits per heavy atom. The third kappa shape index (κ3) is 5.82. The van der Waals surface area contributed by atoms with Crippen LogP contribution >= 0.6 is 12.2 Å². The van der Waals surface area contributed by atoms with Crippen LogP contribution in [0.5, 0.6) is 0 Å². The summed E-state index contributed by atoms with van der Waals surface area (Å²) in [5, 5.41) is 7.09. The topological polar surface area (TPSA) is 44.4 Å². The second-order valence-electron chi connectivity index (χ2n) is 6.57. The minimum Gasteiger partial charge on any atom is -0.358 e. The number of piperidine rings is 1. The van der Waals surface area contributed by atoms with Gasteiger partial charge in [0.1, 0.15) is 0 Å². The minimum atomic E-state index is 0.0407. The first-order chi connectivity index (χ1) is 11.1. The van der Waals surface area contributed by atoms with Crippen molar-refractivity contribution in [2.24, 2.45) is 11.8 Å². The molecule has 2 N–H and O–H groups in total. The molecule has 1 atom stereocenters. The SMILES string of the molecule is CC(C)CNC(=O)C1CCCN(C(=S)NCc2ccccc2)C1. The molecule has 2 rings (SSSR count). The Morgan fingerprint density at radius 3 is 2.74 bits per heavy atom. The fourth-order valence-corrected chi connectivity index (χ4v) is 2.95. The Kier molecular flexibility index (Phi) is 6.84. The van der Waals surface area contributed by atoms with Gasteiger partial charge in [0.2, 0.25) is 5.91 Å². The predicted molar refractivity (Wildman–Crippen MR) is 98.0 cm³/mol. The van der Waals surface area contributed by atoms with Crippen molar-refractivity contribution < 1.29 is 4.79 Å². The molecule has 1 fully saturated rings. The van der Waals surface area contributed by atoms with Crippen LogP contribution in [-0.2, 0) is 11.3 Å². The maximum Gasteiger partial charge on any atom is 0.224 e. The zero-order chi connectivity index (χ0) is 16.7. The molecule has 0 radical (unpaired) electrons. The highest BCUT2D eigenvalue weighted by Crippen LogP contribution is 2.17. The van der Waals surface area contributed by atoms with Gasteiger partial charge in [0, 0.05) is 26.2 Å². The van der Waals surface area contributed by atoms with Gasteiger partial charge in [-0.15, -0.1) is 0 Å². The largest absolute Gasteiger partial charge is 0.358 e. The second kappa shape index (κ2) is 8.87. The van der Waals surface area contributed by atoms with Crippen molar-refractivity contribution >= 4 is 23.2 Å². The lowest BCUT2D eigenvalue weighted by molar-refractivity contribution is -0.126. The number of hydrogen-bond acceptors (Lipinski definition) is 2. The Hall–Kier alpha value is -1.62. The number of likely N-dealkylation sites (tertiary alicyclic amines) is 1. The molecule has 1 amide bonds. The Labute approximate surface area is 144 Å². The summed E-state index contributed by atoms with van der Waals surface area (Å²) >= 11 is 5.50. The molecule has 1 heterocycles. The molecule has 23 heavy (non-hydrogen) atoms. The van der Waals surface area contributed by atoms with E-state index in [0.717, 1.165) is 37.6 Å². The molecular weight excluding hydrogens is 306 g/mol. The lowest BCUT2D eigenvalue weighted by Crippen LogP contribution is -2.48. The van der Waals surface area contributed by atoms with Crippen LogP contribution in [0, 0.1) is 11.8 Å². The molecule has 1 unspecified atom stereocenters. The van der Waals surface area contributed by atoms with E-state index in [1.807, 2.05) is 18.2 Å². The van der Waals surface area contributed by atoms with Crippen LogP contribution in [0.2, 0.25) is 0 Å². The van der Waals surface area contributed by atoms with Gasteiger partial charge in [0.05, 0.1) is 5.92 Å². The zero-order valence-corrected chi connectivity index (χ0v) is 14.9. The van der Waals surface area contributed by atoms with Crippen molar-refractivity contribution in [1.29, 1.82) is 0 Å². The van der Waals surface area contributed by atoms with Crippen LogP contribution in [0.15, 0.2) is 30.3 Å². The number of rotatable bonds is 5. The standard InChI is InChI=1S/C18H27N3OS/c1-14(2)11-19-17(22)16-9-6-10-21(13-16)18(23)20-12-15-7-4-3-5-8-15/h3-5,7-8,14,16H,6,9-13H2,1-2H3,(H,19,22)(H,20,23). The summed E-state index contributed by atoms with van der Waals surface area (Å²) in [7, 11) is 0. The fraction of sp³-hybridized carbons (Fsp3) is 0.556. The highest BCUT2D eigenvalue weighted by atomic mass is 32.1. The molecule has 4 nitrogen and oxygen atoms in total. The molecule has 0 aliphatic carbocycles. The average Bonchev–Trinajstić information content (AvgIpc) is 2.58. The number of amides is 1. The lowest BCUT2D eigenvalue weighted by Gasteiger charge is -2.34. The Balaban J connectivity index is 1.80. The van der Waals surface area contributed by atoms with E-state index in [-0.39, 0.29) is 11.8 Å². The quantitative estimate of drug-likeness (QED) is 0.813. The van der Waals surface area contributed by atoms with Gasteiger partial charge in [-0.1, -0.05) is 44.2 Å². The maximum atomic E-state index is 12.2. The second-order valence-corrected chi connectivity index (χ2v) is 6.96. The van der Waals surface area contributed by atoms with Crippen LogP contribution in [-0.4, -0.2) is 35.6 Å². The molecule has 0 bridgehead atoms. The Morgan fingerprint density at radius 2 is 2.04 bits per heavy atom. The van der Waals surface area contributed by atoms with E-state index in [0.29, 0.717) is 12.5 Å². The number of nitrogens with zero attached hydrogens (tertiary/aromatic N) is 1. The first-order valence-corrected chi connectivity index (χ1v) is 8.81. The molecule has 126 valence electrons. The van der Waals surface area contributed by atoms with Crippen LogP contribution in [0.4, 0.5) is 0 Å². The third-order valence-electron chi connectivity index (χ3n) is 4.05.